The number of amides is 1. The van der Waals surface area contributed by atoms with Gasteiger partial charge in [-0.05, 0) is 12.5 Å². The van der Waals surface area contributed by atoms with Crippen molar-refractivity contribution in [1.82, 2.24) is 15.3 Å². The van der Waals surface area contributed by atoms with Crippen LogP contribution in [0.5, 0.6) is 0 Å². The first kappa shape index (κ1) is 15.5. The highest BCUT2D eigenvalue weighted by molar-refractivity contribution is 7.18. The van der Waals surface area contributed by atoms with Crippen molar-refractivity contribution in [3.63, 3.8) is 0 Å². The number of nitrogens with one attached hydrogen (secondary N) is 2. The fourth-order valence-corrected chi connectivity index (χ4v) is 3.00. The second-order valence-electron chi connectivity index (χ2n) is 4.75. The van der Waals surface area contributed by atoms with Crippen LogP contribution in [0.1, 0.15) is 18.2 Å². The van der Waals surface area contributed by atoms with Gasteiger partial charge in [0.05, 0.1) is 5.39 Å². The lowest BCUT2D eigenvalue weighted by molar-refractivity contribution is -0.120. The third-order valence-corrected chi connectivity index (χ3v) is 4.48. The highest BCUT2D eigenvalue weighted by Crippen LogP contribution is 2.31. The van der Waals surface area contributed by atoms with Gasteiger partial charge in [-0.2, -0.15) is 4.98 Å². The number of anilines is 2. The number of thiophene rings is 1. The van der Waals surface area contributed by atoms with Crippen molar-refractivity contribution in [2.45, 2.75) is 19.8 Å². The molecule has 0 aliphatic rings. The summed E-state index contributed by atoms with van der Waals surface area (Å²) < 4.78 is 0. The van der Waals surface area contributed by atoms with Gasteiger partial charge in [0, 0.05) is 39.0 Å². The summed E-state index contributed by atoms with van der Waals surface area (Å²) in [7, 11) is 5.41. The predicted molar refractivity (Wildman–Crippen MR) is 88.3 cm³/mol. The zero-order valence-electron chi connectivity index (χ0n) is 12.9. The predicted octanol–water partition coefficient (Wildman–Crippen LogP) is 1.87. The van der Waals surface area contributed by atoms with Gasteiger partial charge in [0.1, 0.15) is 10.6 Å². The lowest BCUT2D eigenvalue weighted by Gasteiger charge is -2.19. The Bertz CT molecular complexity index is 640. The Labute approximate surface area is 128 Å². The first-order valence-corrected chi connectivity index (χ1v) is 7.80. The Morgan fingerprint density at radius 2 is 2.14 bits per heavy atom. The smallest absolute Gasteiger partial charge is 0.225 e. The van der Waals surface area contributed by atoms with Crippen molar-refractivity contribution >= 4 is 39.2 Å². The molecule has 0 aliphatic carbocycles. The van der Waals surface area contributed by atoms with Gasteiger partial charge in [-0.25, -0.2) is 4.98 Å². The monoisotopic (exact) mass is 307 g/mol. The molecule has 0 radical (unpaired) electrons. The largest absolute Gasteiger partial charge is 0.359 e. The molecule has 2 N–H and O–H groups in total. The van der Waals surface area contributed by atoms with Gasteiger partial charge in [0.15, 0.2) is 0 Å². The summed E-state index contributed by atoms with van der Waals surface area (Å²) in [6, 6.07) is 2.14. The summed E-state index contributed by atoms with van der Waals surface area (Å²) in [6.45, 7) is 2.75. The Balaban J connectivity index is 2.35. The Kier molecular flexibility index (Phi) is 4.95. The van der Waals surface area contributed by atoms with E-state index in [1.807, 2.05) is 19.0 Å². The molecule has 114 valence electrons. The van der Waals surface area contributed by atoms with Crippen molar-refractivity contribution in [2.24, 2.45) is 0 Å². The number of aryl methyl sites for hydroxylation is 1. The number of aromatic nitrogens is 2. The van der Waals surface area contributed by atoms with E-state index in [9.17, 15) is 4.79 Å². The van der Waals surface area contributed by atoms with E-state index in [1.54, 1.807) is 18.4 Å². The van der Waals surface area contributed by atoms with Gasteiger partial charge in [-0.15, -0.1) is 11.3 Å². The van der Waals surface area contributed by atoms with Gasteiger partial charge < -0.3 is 15.5 Å². The van der Waals surface area contributed by atoms with Crippen molar-refractivity contribution in [2.75, 3.05) is 37.9 Å². The molecule has 0 bridgehead atoms. The average Bonchev–Trinajstić information content (AvgIpc) is 2.93. The van der Waals surface area contributed by atoms with Crippen LogP contribution in [0.3, 0.4) is 0 Å². The topological polar surface area (TPSA) is 70.2 Å². The molecule has 6 nitrogen and oxygen atoms in total. The van der Waals surface area contributed by atoms with E-state index >= 15 is 0 Å². The zero-order valence-corrected chi connectivity index (χ0v) is 13.7. The molecule has 0 aliphatic heterocycles. The Hall–Kier alpha value is -1.89. The standard InChI is InChI=1S/C14H21N5OS/c1-5-9-8-10-12(19(4)7-6-11(20)15-2)17-14(16-3)18-13(10)21-9/h8H,5-7H2,1-4H3,(H,15,20)(H,16,17,18). The lowest BCUT2D eigenvalue weighted by atomic mass is 10.3. The molecule has 0 aromatic carbocycles. The van der Waals surface area contributed by atoms with Crippen LogP contribution in [0.2, 0.25) is 0 Å². The highest BCUT2D eigenvalue weighted by atomic mass is 32.1. The molecular weight excluding hydrogens is 286 g/mol. The summed E-state index contributed by atoms with van der Waals surface area (Å²) >= 11 is 1.69. The van der Waals surface area contributed by atoms with Crippen LogP contribution in [-0.4, -0.2) is 43.6 Å². The number of carbonyl (C=O) groups is 1. The van der Waals surface area contributed by atoms with Crippen molar-refractivity contribution in [3.8, 4) is 0 Å². The van der Waals surface area contributed by atoms with Crippen molar-refractivity contribution in [3.05, 3.63) is 10.9 Å². The van der Waals surface area contributed by atoms with E-state index in [-0.39, 0.29) is 5.91 Å². The zero-order chi connectivity index (χ0) is 15.4. The minimum atomic E-state index is 0.0283. The summed E-state index contributed by atoms with van der Waals surface area (Å²) in [5.74, 6) is 1.50. The quantitative estimate of drug-likeness (QED) is 0.852. The minimum Gasteiger partial charge on any atom is -0.359 e. The molecule has 0 saturated carbocycles. The van der Waals surface area contributed by atoms with Gasteiger partial charge >= 0.3 is 0 Å². The third-order valence-electron chi connectivity index (χ3n) is 3.31. The minimum absolute atomic E-state index is 0.0283. The summed E-state index contributed by atoms with van der Waals surface area (Å²) in [5, 5.41) is 6.68. The number of hydrogen-bond donors (Lipinski definition) is 2. The summed E-state index contributed by atoms with van der Waals surface area (Å²) in [4.78, 5) is 24.7. The molecule has 0 atom stereocenters. The van der Waals surface area contributed by atoms with Crippen molar-refractivity contribution < 1.29 is 4.79 Å². The molecule has 0 unspecified atom stereocenters. The van der Waals surface area contributed by atoms with E-state index < -0.39 is 0 Å². The maximum atomic E-state index is 11.4. The SMILES string of the molecule is CCc1cc2c(N(C)CCC(=O)NC)nc(NC)nc2s1. The van der Waals surface area contributed by atoms with Gasteiger partial charge in [0.2, 0.25) is 11.9 Å². The third kappa shape index (κ3) is 3.41. The molecule has 2 aromatic rings. The average molecular weight is 307 g/mol. The fourth-order valence-electron chi connectivity index (χ4n) is 2.03. The molecule has 7 heteroatoms. The maximum absolute atomic E-state index is 11.4. The second kappa shape index (κ2) is 6.71. The van der Waals surface area contributed by atoms with Crippen LogP contribution in [-0.2, 0) is 11.2 Å². The van der Waals surface area contributed by atoms with Gasteiger partial charge in [-0.3, -0.25) is 4.79 Å². The number of fused-ring (bicyclic) bond motifs is 1. The fraction of sp³-hybridized carbons (Fsp3) is 0.500. The van der Waals surface area contributed by atoms with Crippen LogP contribution in [0, 0.1) is 0 Å². The summed E-state index contributed by atoms with van der Waals surface area (Å²) in [6.07, 6.45) is 1.43. The Morgan fingerprint density at radius 1 is 1.38 bits per heavy atom. The van der Waals surface area contributed by atoms with E-state index in [4.69, 9.17) is 0 Å². The molecule has 0 fully saturated rings. The first-order chi connectivity index (χ1) is 10.1. The van der Waals surface area contributed by atoms with Crippen molar-refractivity contribution in [1.29, 1.82) is 0 Å². The normalized spacial score (nSPS) is 10.7. The molecule has 2 rings (SSSR count). The van der Waals surface area contributed by atoms with Gasteiger partial charge in [-0.1, -0.05) is 6.92 Å². The number of hydrogen-bond acceptors (Lipinski definition) is 6. The van der Waals surface area contributed by atoms with Crippen LogP contribution in [0.4, 0.5) is 11.8 Å². The summed E-state index contributed by atoms with van der Waals surface area (Å²) in [5.41, 5.74) is 0. The molecule has 0 saturated heterocycles. The Morgan fingerprint density at radius 3 is 2.76 bits per heavy atom. The van der Waals surface area contributed by atoms with E-state index in [0.29, 0.717) is 18.9 Å². The molecule has 2 heterocycles. The van der Waals surface area contributed by atoms with E-state index in [0.717, 1.165) is 22.5 Å². The number of nitrogens with zero attached hydrogens (tertiary/aromatic N) is 3. The first-order valence-electron chi connectivity index (χ1n) is 6.99. The van der Waals surface area contributed by atoms with Crippen LogP contribution >= 0.6 is 11.3 Å². The lowest BCUT2D eigenvalue weighted by Crippen LogP contribution is -2.27. The van der Waals surface area contributed by atoms with Crippen LogP contribution < -0.4 is 15.5 Å². The van der Waals surface area contributed by atoms with Crippen LogP contribution in [0.25, 0.3) is 10.2 Å². The number of rotatable bonds is 6. The maximum Gasteiger partial charge on any atom is 0.225 e. The van der Waals surface area contributed by atoms with E-state index in [2.05, 4.69) is 33.6 Å². The molecule has 0 spiro atoms. The molecular formula is C14H21N5OS. The number of carbonyl (C=O) groups excluding carboxylic acids is 1. The molecule has 2 aromatic heterocycles. The van der Waals surface area contributed by atoms with Gasteiger partial charge in [0.25, 0.3) is 0 Å². The van der Waals surface area contributed by atoms with E-state index in [1.165, 1.54) is 4.88 Å². The second-order valence-corrected chi connectivity index (χ2v) is 5.87. The molecule has 1 amide bonds. The van der Waals surface area contributed by atoms with Crippen LogP contribution in [0.15, 0.2) is 6.07 Å². The highest BCUT2D eigenvalue weighted by Gasteiger charge is 2.14. The molecule has 21 heavy (non-hydrogen) atoms.